The fraction of sp³-hybridized carbons (Fsp3) is 0.421. The van der Waals surface area contributed by atoms with E-state index in [-0.39, 0.29) is 17.8 Å². The van der Waals surface area contributed by atoms with Gasteiger partial charge in [0, 0.05) is 44.2 Å². The summed E-state index contributed by atoms with van der Waals surface area (Å²) in [5.74, 6) is 1.33. The second kappa shape index (κ2) is 8.12. The third kappa shape index (κ3) is 4.28. The smallest absolute Gasteiger partial charge is 0.224 e. The highest BCUT2D eigenvalue weighted by Gasteiger charge is 2.27. The molecule has 6 nitrogen and oxygen atoms in total. The van der Waals surface area contributed by atoms with E-state index in [0.717, 1.165) is 12.2 Å². The van der Waals surface area contributed by atoms with Crippen molar-refractivity contribution in [1.82, 2.24) is 14.9 Å². The van der Waals surface area contributed by atoms with Gasteiger partial charge in [-0.05, 0) is 25.5 Å². The molecular weight excluding hydrogens is 335 g/mol. The molecule has 0 saturated carbocycles. The van der Waals surface area contributed by atoms with E-state index < -0.39 is 0 Å². The van der Waals surface area contributed by atoms with Crippen molar-refractivity contribution in [2.24, 2.45) is 0 Å². The average molecular weight is 358 g/mol. The second-order valence-electron chi connectivity index (χ2n) is 6.41. The molecule has 7 heteroatoms. The van der Waals surface area contributed by atoms with Crippen LogP contribution >= 0.6 is 0 Å². The van der Waals surface area contributed by atoms with Crippen LogP contribution in [0.4, 0.5) is 10.2 Å². The lowest BCUT2D eigenvalue weighted by Crippen LogP contribution is -2.54. The number of nitrogens with zero attached hydrogens (tertiary/aromatic N) is 4. The normalized spacial score (nSPS) is 17.3. The molecule has 0 unspecified atom stereocenters. The lowest BCUT2D eigenvalue weighted by atomic mass is 10.1. The van der Waals surface area contributed by atoms with Crippen molar-refractivity contribution in [3.05, 3.63) is 42.5 Å². The largest absolute Gasteiger partial charge is 0.439 e. The number of carbonyl (C=O) groups is 1. The Balaban J connectivity index is 1.68. The van der Waals surface area contributed by atoms with Gasteiger partial charge in [0.05, 0.1) is 0 Å². The number of ether oxygens (including phenoxy) is 1. The minimum Gasteiger partial charge on any atom is -0.439 e. The Morgan fingerprint density at radius 3 is 2.88 bits per heavy atom. The molecule has 1 aromatic carbocycles. The van der Waals surface area contributed by atoms with Crippen LogP contribution in [0.1, 0.15) is 26.7 Å². The predicted octanol–water partition coefficient (Wildman–Crippen LogP) is 3.25. The monoisotopic (exact) mass is 358 g/mol. The Morgan fingerprint density at radius 2 is 2.15 bits per heavy atom. The van der Waals surface area contributed by atoms with Crippen molar-refractivity contribution in [3.8, 4) is 11.6 Å². The van der Waals surface area contributed by atoms with E-state index >= 15 is 0 Å². The molecule has 0 bridgehead atoms. The first-order valence-corrected chi connectivity index (χ1v) is 8.86. The number of amides is 1. The third-order valence-electron chi connectivity index (χ3n) is 4.38. The molecule has 1 saturated heterocycles. The SMILES string of the molecule is CCCC(=O)N1CCN(c2cc(Oc3cccc(F)c3)ncn2)C[C@H]1C. The van der Waals surface area contributed by atoms with E-state index in [2.05, 4.69) is 14.9 Å². The van der Waals surface area contributed by atoms with E-state index in [9.17, 15) is 9.18 Å². The lowest BCUT2D eigenvalue weighted by molar-refractivity contribution is -0.133. The molecule has 0 aliphatic carbocycles. The molecule has 1 aliphatic rings. The molecule has 2 heterocycles. The minimum atomic E-state index is -0.363. The van der Waals surface area contributed by atoms with Gasteiger partial charge < -0.3 is 14.5 Å². The van der Waals surface area contributed by atoms with Gasteiger partial charge in [-0.1, -0.05) is 13.0 Å². The number of rotatable bonds is 5. The summed E-state index contributed by atoms with van der Waals surface area (Å²) in [6, 6.07) is 7.78. The highest BCUT2D eigenvalue weighted by atomic mass is 19.1. The predicted molar refractivity (Wildman–Crippen MR) is 96.8 cm³/mol. The van der Waals surface area contributed by atoms with Crippen LogP contribution in [0.5, 0.6) is 11.6 Å². The molecule has 3 rings (SSSR count). The molecule has 138 valence electrons. The van der Waals surface area contributed by atoms with Crippen molar-refractivity contribution in [2.75, 3.05) is 24.5 Å². The first-order valence-electron chi connectivity index (χ1n) is 8.86. The van der Waals surface area contributed by atoms with Gasteiger partial charge in [-0.2, -0.15) is 0 Å². The Bertz CT molecular complexity index is 771. The molecule has 1 atom stereocenters. The van der Waals surface area contributed by atoms with Crippen LogP contribution in [0.25, 0.3) is 0 Å². The summed E-state index contributed by atoms with van der Waals surface area (Å²) in [5.41, 5.74) is 0. The molecule has 1 amide bonds. The van der Waals surface area contributed by atoms with Gasteiger partial charge >= 0.3 is 0 Å². The molecule has 0 radical (unpaired) electrons. The van der Waals surface area contributed by atoms with Gasteiger partial charge in [-0.15, -0.1) is 0 Å². The van der Waals surface area contributed by atoms with Crippen molar-refractivity contribution >= 4 is 11.7 Å². The standard InChI is InChI=1S/C19H23FN4O2/c1-3-5-19(25)24-9-8-23(12-14(24)2)17-11-18(22-13-21-17)26-16-7-4-6-15(20)10-16/h4,6-7,10-11,13-14H,3,5,8-9,12H2,1-2H3/t14-/m1/s1. The number of halogens is 1. The second-order valence-corrected chi connectivity index (χ2v) is 6.41. The molecule has 0 N–H and O–H groups in total. The number of piperazine rings is 1. The maximum absolute atomic E-state index is 13.3. The van der Waals surface area contributed by atoms with Gasteiger partial charge in [0.25, 0.3) is 0 Å². The first kappa shape index (κ1) is 18.1. The zero-order chi connectivity index (χ0) is 18.5. The van der Waals surface area contributed by atoms with Gasteiger partial charge in [0.2, 0.25) is 11.8 Å². The maximum atomic E-state index is 13.3. The highest BCUT2D eigenvalue weighted by molar-refractivity contribution is 5.76. The van der Waals surface area contributed by atoms with E-state index in [4.69, 9.17) is 4.74 Å². The van der Waals surface area contributed by atoms with Crippen molar-refractivity contribution in [3.63, 3.8) is 0 Å². The number of benzene rings is 1. The molecule has 1 aromatic heterocycles. The van der Waals surface area contributed by atoms with Crippen LogP contribution < -0.4 is 9.64 Å². The van der Waals surface area contributed by atoms with Gasteiger partial charge in [0.15, 0.2) is 0 Å². The number of hydrogen-bond acceptors (Lipinski definition) is 5. The topological polar surface area (TPSA) is 58.6 Å². The number of hydrogen-bond donors (Lipinski definition) is 0. The van der Waals surface area contributed by atoms with Crippen LogP contribution in [0.2, 0.25) is 0 Å². The lowest BCUT2D eigenvalue weighted by Gasteiger charge is -2.40. The summed E-state index contributed by atoms with van der Waals surface area (Å²) in [5, 5.41) is 0. The number of anilines is 1. The Kier molecular flexibility index (Phi) is 5.65. The van der Waals surface area contributed by atoms with Crippen molar-refractivity contribution in [1.29, 1.82) is 0 Å². The van der Waals surface area contributed by atoms with E-state index in [1.54, 1.807) is 18.2 Å². The Hall–Kier alpha value is -2.70. The van der Waals surface area contributed by atoms with Crippen LogP contribution in [-0.2, 0) is 4.79 Å². The summed E-state index contributed by atoms with van der Waals surface area (Å²) in [6.45, 7) is 6.14. The molecule has 0 spiro atoms. The third-order valence-corrected chi connectivity index (χ3v) is 4.38. The van der Waals surface area contributed by atoms with Gasteiger partial charge in [-0.25, -0.2) is 14.4 Å². The zero-order valence-electron chi connectivity index (χ0n) is 15.1. The van der Waals surface area contributed by atoms with Crippen molar-refractivity contribution < 1.29 is 13.9 Å². The molecule has 2 aromatic rings. The minimum absolute atomic E-state index is 0.116. The van der Waals surface area contributed by atoms with Crippen molar-refractivity contribution in [2.45, 2.75) is 32.7 Å². The fourth-order valence-electron chi connectivity index (χ4n) is 3.10. The van der Waals surface area contributed by atoms with Crippen LogP contribution in [0.3, 0.4) is 0 Å². The van der Waals surface area contributed by atoms with Gasteiger partial charge in [-0.3, -0.25) is 4.79 Å². The molecular formula is C19H23FN4O2. The molecule has 1 aliphatic heterocycles. The Labute approximate surface area is 152 Å². The van der Waals surface area contributed by atoms with Crippen LogP contribution in [0.15, 0.2) is 36.7 Å². The molecule has 1 fully saturated rings. The van der Waals surface area contributed by atoms with Crippen LogP contribution in [0, 0.1) is 5.82 Å². The summed E-state index contributed by atoms with van der Waals surface area (Å²) >= 11 is 0. The Morgan fingerprint density at radius 1 is 1.31 bits per heavy atom. The summed E-state index contributed by atoms with van der Waals surface area (Å²) in [4.78, 5) is 24.6. The average Bonchev–Trinajstić information content (AvgIpc) is 2.62. The molecule has 26 heavy (non-hydrogen) atoms. The number of aromatic nitrogens is 2. The maximum Gasteiger partial charge on any atom is 0.224 e. The van der Waals surface area contributed by atoms with E-state index in [1.807, 2.05) is 18.7 Å². The summed E-state index contributed by atoms with van der Waals surface area (Å²) < 4.78 is 18.9. The van der Waals surface area contributed by atoms with E-state index in [1.165, 1.54) is 18.5 Å². The van der Waals surface area contributed by atoms with Crippen LogP contribution in [-0.4, -0.2) is 46.5 Å². The highest BCUT2D eigenvalue weighted by Crippen LogP contribution is 2.24. The number of carbonyl (C=O) groups excluding carboxylic acids is 1. The summed E-state index contributed by atoms with van der Waals surface area (Å²) in [6.07, 6.45) is 2.88. The van der Waals surface area contributed by atoms with E-state index in [0.29, 0.717) is 37.7 Å². The fourth-order valence-corrected chi connectivity index (χ4v) is 3.10. The zero-order valence-corrected chi connectivity index (χ0v) is 15.1. The van der Waals surface area contributed by atoms with Gasteiger partial charge in [0.1, 0.15) is 23.7 Å². The quantitative estimate of drug-likeness (QED) is 0.821. The summed E-state index contributed by atoms with van der Waals surface area (Å²) in [7, 11) is 0. The first-order chi connectivity index (χ1) is 12.6.